The van der Waals surface area contributed by atoms with Gasteiger partial charge in [-0.25, -0.2) is 14.4 Å². The maximum absolute atomic E-state index is 14.1. The molecule has 1 aromatic heterocycles. The number of piperazine rings is 1. The van der Waals surface area contributed by atoms with E-state index < -0.39 is 11.7 Å². The summed E-state index contributed by atoms with van der Waals surface area (Å²) in [6.45, 7) is 5.61. The monoisotopic (exact) mass is 281 g/mol. The molecule has 110 valence electrons. The number of carbonyl (C=O) groups excluding carboxylic acids is 1. The number of amides is 1. The van der Waals surface area contributed by atoms with Crippen molar-refractivity contribution in [3.05, 3.63) is 23.6 Å². The predicted octanol–water partition coefficient (Wildman–Crippen LogP) is 0.545. The van der Waals surface area contributed by atoms with Crippen molar-refractivity contribution in [2.45, 2.75) is 6.92 Å². The molecule has 1 saturated heterocycles. The molecule has 0 atom stereocenters. The van der Waals surface area contributed by atoms with Crippen molar-refractivity contribution >= 4 is 11.7 Å². The van der Waals surface area contributed by atoms with Crippen LogP contribution < -0.4 is 10.7 Å². The first-order chi connectivity index (χ1) is 9.61. The molecule has 0 aromatic carbocycles. The molecule has 0 unspecified atom stereocenters. The average Bonchev–Trinajstić information content (AvgIpc) is 2.44. The van der Waals surface area contributed by atoms with E-state index in [1.54, 1.807) is 0 Å². The molecule has 6 nitrogen and oxygen atoms in total. The largest absolute Gasteiger partial charge is 0.368 e. The van der Waals surface area contributed by atoms with E-state index in [0.29, 0.717) is 6.54 Å². The number of nitrogens with one attached hydrogen (secondary N) is 2. The van der Waals surface area contributed by atoms with E-state index in [0.717, 1.165) is 26.2 Å². The molecule has 2 heterocycles. The van der Waals surface area contributed by atoms with Gasteiger partial charge in [0.25, 0.3) is 5.91 Å². The van der Waals surface area contributed by atoms with Gasteiger partial charge < -0.3 is 10.2 Å². The maximum Gasteiger partial charge on any atom is 0.268 e. The smallest absolute Gasteiger partial charge is 0.268 e. The van der Waals surface area contributed by atoms with Crippen molar-refractivity contribution in [1.82, 2.24) is 20.3 Å². The molecule has 0 bridgehead atoms. The average molecular weight is 281 g/mol. The standard InChI is InChI=1S/C13H20FN5O/c1-3-15-12-11(14)10(4-5-16-12)13(20)17-19-8-6-18(2)7-9-19/h4-5H,3,6-9H2,1-2H3,(H,15,16)(H,17,20). The van der Waals surface area contributed by atoms with Crippen LogP contribution in [0.3, 0.4) is 0 Å². The lowest BCUT2D eigenvalue weighted by molar-refractivity contribution is 0.0658. The number of hydrogen-bond acceptors (Lipinski definition) is 5. The van der Waals surface area contributed by atoms with E-state index in [1.165, 1.54) is 12.3 Å². The Morgan fingerprint density at radius 1 is 1.40 bits per heavy atom. The van der Waals surface area contributed by atoms with Gasteiger partial charge in [0.15, 0.2) is 11.6 Å². The van der Waals surface area contributed by atoms with Crippen molar-refractivity contribution in [3.63, 3.8) is 0 Å². The minimum Gasteiger partial charge on any atom is -0.368 e. The van der Waals surface area contributed by atoms with E-state index in [9.17, 15) is 9.18 Å². The van der Waals surface area contributed by atoms with Gasteiger partial charge in [0.05, 0.1) is 5.56 Å². The second kappa shape index (κ2) is 6.62. The second-order valence-electron chi connectivity index (χ2n) is 4.78. The van der Waals surface area contributed by atoms with E-state index in [4.69, 9.17) is 0 Å². The molecular weight excluding hydrogens is 261 g/mol. The van der Waals surface area contributed by atoms with Gasteiger partial charge in [-0.1, -0.05) is 0 Å². The van der Waals surface area contributed by atoms with Crippen LogP contribution in [0.4, 0.5) is 10.2 Å². The third-order valence-corrected chi connectivity index (χ3v) is 3.24. The van der Waals surface area contributed by atoms with Crippen LogP contribution in [0.5, 0.6) is 0 Å². The van der Waals surface area contributed by atoms with Gasteiger partial charge >= 0.3 is 0 Å². The molecule has 1 fully saturated rings. The number of carbonyl (C=O) groups is 1. The first-order valence-electron chi connectivity index (χ1n) is 6.74. The first kappa shape index (κ1) is 14.7. The first-order valence-corrected chi connectivity index (χ1v) is 6.74. The second-order valence-corrected chi connectivity index (χ2v) is 4.78. The molecule has 2 N–H and O–H groups in total. The minimum absolute atomic E-state index is 0.00915. The predicted molar refractivity (Wildman–Crippen MR) is 74.9 cm³/mol. The van der Waals surface area contributed by atoms with Crippen molar-refractivity contribution in [2.75, 3.05) is 45.1 Å². The third kappa shape index (κ3) is 3.43. The van der Waals surface area contributed by atoms with Crippen LogP contribution in [0.15, 0.2) is 12.3 Å². The fourth-order valence-electron chi connectivity index (χ4n) is 2.03. The zero-order valence-corrected chi connectivity index (χ0v) is 11.8. The van der Waals surface area contributed by atoms with Crippen LogP contribution in [0.1, 0.15) is 17.3 Å². The Kier molecular flexibility index (Phi) is 4.86. The number of hydrogen-bond donors (Lipinski definition) is 2. The number of pyridine rings is 1. The summed E-state index contributed by atoms with van der Waals surface area (Å²) < 4.78 is 14.1. The van der Waals surface area contributed by atoms with Gasteiger partial charge in [-0.05, 0) is 20.0 Å². The van der Waals surface area contributed by atoms with E-state index >= 15 is 0 Å². The van der Waals surface area contributed by atoms with Gasteiger partial charge in [0.2, 0.25) is 0 Å². The summed E-state index contributed by atoms with van der Waals surface area (Å²) >= 11 is 0. The van der Waals surface area contributed by atoms with Crippen LogP contribution in [-0.4, -0.2) is 60.6 Å². The molecule has 0 radical (unpaired) electrons. The molecule has 2 rings (SSSR count). The molecule has 0 saturated carbocycles. The summed E-state index contributed by atoms with van der Waals surface area (Å²) in [7, 11) is 2.03. The van der Waals surface area contributed by atoms with Crippen LogP contribution in [0.2, 0.25) is 0 Å². The molecule has 1 amide bonds. The Morgan fingerprint density at radius 3 is 2.75 bits per heavy atom. The normalized spacial score (nSPS) is 16.9. The SMILES string of the molecule is CCNc1nccc(C(=O)NN2CCN(C)CC2)c1F. The molecule has 7 heteroatoms. The molecule has 1 aromatic rings. The topological polar surface area (TPSA) is 60.5 Å². The van der Waals surface area contributed by atoms with Crippen LogP contribution in [0, 0.1) is 5.82 Å². The zero-order valence-electron chi connectivity index (χ0n) is 11.8. The van der Waals surface area contributed by atoms with E-state index in [1.807, 2.05) is 19.0 Å². The number of likely N-dealkylation sites (N-methyl/N-ethyl adjacent to an activating group) is 1. The Bertz CT molecular complexity index is 474. The van der Waals surface area contributed by atoms with Crippen LogP contribution >= 0.6 is 0 Å². The highest BCUT2D eigenvalue weighted by molar-refractivity contribution is 5.94. The quantitative estimate of drug-likeness (QED) is 0.844. The third-order valence-electron chi connectivity index (χ3n) is 3.24. The number of nitrogens with zero attached hydrogens (tertiary/aromatic N) is 3. The Morgan fingerprint density at radius 2 is 2.10 bits per heavy atom. The summed E-state index contributed by atoms with van der Waals surface area (Å²) in [5.41, 5.74) is 2.75. The van der Waals surface area contributed by atoms with Crippen LogP contribution in [-0.2, 0) is 0 Å². The Hall–Kier alpha value is -1.73. The number of halogens is 1. The molecule has 0 spiro atoms. The Labute approximate surface area is 117 Å². The van der Waals surface area contributed by atoms with Gasteiger partial charge in [0, 0.05) is 38.9 Å². The highest BCUT2D eigenvalue weighted by Gasteiger charge is 2.20. The van der Waals surface area contributed by atoms with Gasteiger partial charge in [-0.3, -0.25) is 10.2 Å². The highest BCUT2D eigenvalue weighted by Crippen LogP contribution is 2.15. The van der Waals surface area contributed by atoms with E-state index in [2.05, 4.69) is 20.6 Å². The van der Waals surface area contributed by atoms with Crippen molar-refractivity contribution in [3.8, 4) is 0 Å². The lowest BCUT2D eigenvalue weighted by Gasteiger charge is -2.32. The van der Waals surface area contributed by atoms with E-state index in [-0.39, 0.29) is 11.4 Å². The van der Waals surface area contributed by atoms with Gasteiger partial charge in [-0.15, -0.1) is 0 Å². The number of hydrazine groups is 1. The summed E-state index contributed by atoms with van der Waals surface area (Å²) in [5, 5.41) is 4.61. The van der Waals surface area contributed by atoms with Gasteiger partial charge in [0.1, 0.15) is 0 Å². The van der Waals surface area contributed by atoms with Crippen LogP contribution in [0.25, 0.3) is 0 Å². The molecule has 1 aliphatic heterocycles. The molecular formula is C13H20FN5O. The number of rotatable bonds is 4. The summed E-state index contributed by atoms with van der Waals surface area (Å²) in [4.78, 5) is 18.2. The fourth-order valence-corrected chi connectivity index (χ4v) is 2.03. The van der Waals surface area contributed by atoms with Gasteiger partial charge in [-0.2, -0.15) is 0 Å². The van der Waals surface area contributed by atoms with Crippen molar-refractivity contribution < 1.29 is 9.18 Å². The maximum atomic E-state index is 14.1. The zero-order chi connectivity index (χ0) is 14.5. The number of anilines is 1. The fraction of sp³-hybridized carbons (Fsp3) is 0.538. The summed E-state index contributed by atoms with van der Waals surface area (Å²) in [6, 6.07) is 1.39. The minimum atomic E-state index is -0.610. The lowest BCUT2D eigenvalue weighted by Crippen LogP contribution is -2.52. The molecule has 0 aliphatic carbocycles. The van der Waals surface area contributed by atoms with Crippen molar-refractivity contribution in [2.24, 2.45) is 0 Å². The highest BCUT2D eigenvalue weighted by atomic mass is 19.1. The molecule has 20 heavy (non-hydrogen) atoms. The van der Waals surface area contributed by atoms with Crippen molar-refractivity contribution in [1.29, 1.82) is 0 Å². The Balaban J connectivity index is 2.04. The summed E-state index contributed by atoms with van der Waals surface area (Å²) in [6.07, 6.45) is 1.43. The lowest BCUT2D eigenvalue weighted by atomic mass is 10.2. The summed E-state index contributed by atoms with van der Waals surface area (Å²) in [5.74, 6) is -0.937. The molecule has 1 aliphatic rings. The number of aromatic nitrogens is 1.